The van der Waals surface area contributed by atoms with E-state index in [4.69, 9.17) is 4.74 Å². The Bertz CT molecular complexity index is 437. The van der Waals surface area contributed by atoms with Crippen molar-refractivity contribution < 1.29 is 14.3 Å². The summed E-state index contributed by atoms with van der Waals surface area (Å²) in [5.41, 5.74) is 0.945. The first kappa shape index (κ1) is 19.3. The lowest BCUT2D eigenvalue weighted by Crippen LogP contribution is -2.04. The largest absolute Gasteiger partial charge is 0.494 e. The van der Waals surface area contributed by atoms with Crippen LogP contribution in [-0.2, 0) is 16.0 Å². The molecule has 128 valence electrons. The van der Waals surface area contributed by atoms with Gasteiger partial charge in [0.2, 0.25) is 0 Å². The van der Waals surface area contributed by atoms with Gasteiger partial charge in [-0.1, -0.05) is 50.3 Å². The lowest BCUT2D eigenvalue weighted by molar-refractivity contribution is -0.139. The van der Waals surface area contributed by atoms with Gasteiger partial charge in [-0.15, -0.1) is 6.58 Å². The average Bonchev–Trinajstić information content (AvgIpc) is 2.58. The zero-order chi connectivity index (χ0) is 16.8. The summed E-state index contributed by atoms with van der Waals surface area (Å²) in [6.45, 7) is 4.50. The zero-order valence-corrected chi connectivity index (χ0v) is 14.4. The van der Waals surface area contributed by atoms with Crippen LogP contribution in [0.2, 0.25) is 0 Å². The molecule has 0 aromatic heterocycles. The number of hydrogen-bond donors (Lipinski definition) is 0. The molecule has 1 aromatic rings. The van der Waals surface area contributed by atoms with Gasteiger partial charge in [-0.2, -0.15) is 0 Å². The standard InChI is InChI=1S/C20H30O3/c1-3-4-5-6-7-8-9-10-11-16-23-19-14-12-18(13-15-19)17-20(21)22-2/h3,12-15H,1,4-11,16-17H2,2H3. The van der Waals surface area contributed by atoms with Crippen molar-refractivity contribution in [3.63, 3.8) is 0 Å². The quantitative estimate of drug-likeness (QED) is 0.289. The van der Waals surface area contributed by atoms with Gasteiger partial charge in [0.25, 0.3) is 0 Å². The number of unbranched alkanes of at least 4 members (excludes halogenated alkanes) is 7. The number of rotatable bonds is 13. The minimum absolute atomic E-state index is 0.219. The Morgan fingerprint density at radius 1 is 1.00 bits per heavy atom. The maximum absolute atomic E-state index is 11.2. The Balaban J connectivity index is 2.03. The molecule has 0 spiro atoms. The van der Waals surface area contributed by atoms with Gasteiger partial charge in [-0.25, -0.2) is 0 Å². The van der Waals surface area contributed by atoms with Crippen LogP contribution < -0.4 is 4.74 Å². The molecule has 0 saturated heterocycles. The molecule has 0 aliphatic rings. The molecule has 23 heavy (non-hydrogen) atoms. The second-order valence-corrected chi connectivity index (χ2v) is 5.80. The predicted octanol–water partition coefficient (Wildman–Crippen LogP) is 5.09. The fourth-order valence-electron chi connectivity index (χ4n) is 2.41. The van der Waals surface area contributed by atoms with Crippen LogP contribution in [0.5, 0.6) is 5.75 Å². The number of benzene rings is 1. The first-order valence-corrected chi connectivity index (χ1v) is 8.65. The highest BCUT2D eigenvalue weighted by Crippen LogP contribution is 2.14. The maximum atomic E-state index is 11.2. The Labute approximate surface area is 140 Å². The van der Waals surface area contributed by atoms with Crippen LogP contribution in [0.4, 0.5) is 0 Å². The van der Waals surface area contributed by atoms with Gasteiger partial charge in [-0.3, -0.25) is 4.79 Å². The fraction of sp³-hybridized carbons (Fsp3) is 0.550. The fourth-order valence-corrected chi connectivity index (χ4v) is 2.41. The van der Waals surface area contributed by atoms with E-state index in [1.54, 1.807) is 0 Å². The van der Waals surface area contributed by atoms with Crippen molar-refractivity contribution in [2.45, 2.75) is 57.8 Å². The van der Waals surface area contributed by atoms with Crippen LogP contribution in [0.3, 0.4) is 0 Å². The lowest BCUT2D eigenvalue weighted by Gasteiger charge is -2.07. The number of methoxy groups -OCH3 is 1. The van der Waals surface area contributed by atoms with Gasteiger partial charge in [0.05, 0.1) is 20.1 Å². The summed E-state index contributed by atoms with van der Waals surface area (Å²) < 4.78 is 10.4. The van der Waals surface area contributed by atoms with Gasteiger partial charge in [0.1, 0.15) is 5.75 Å². The molecule has 0 N–H and O–H groups in total. The summed E-state index contributed by atoms with van der Waals surface area (Å²) in [4.78, 5) is 11.2. The van der Waals surface area contributed by atoms with Crippen molar-refractivity contribution in [1.29, 1.82) is 0 Å². The molecule has 0 amide bonds. The molecule has 3 nitrogen and oxygen atoms in total. The van der Waals surface area contributed by atoms with E-state index >= 15 is 0 Å². The van der Waals surface area contributed by atoms with E-state index in [-0.39, 0.29) is 5.97 Å². The molecule has 0 aliphatic heterocycles. The highest BCUT2D eigenvalue weighted by atomic mass is 16.5. The molecule has 0 atom stereocenters. The summed E-state index contributed by atoms with van der Waals surface area (Å²) in [6, 6.07) is 7.65. The minimum atomic E-state index is -0.219. The van der Waals surface area contributed by atoms with Crippen molar-refractivity contribution in [2.24, 2.45) is 0 Å². The van der Waals surface area contributed by atoms with E-state index in [2.05, 4.69) is 11.3 Å². The maximum Gasteiger partial charge on any atom is 0.309 e. The smallest absolute Gasteiger partial charge is 0.309 e. The normalized spacial score (nSPS) is 10.3. The summed E-state index contributed by atoms with van der Waals surface area (Å²) in [6.07, 6.45) is 12.3. The van der Waals surface area contributed by atoms with Crippen LogP contribution in [-0.4, -0.2) is 19.7 Å². The van der Waals surface area contributed by atoms with Crippen molar-refractivity contribution in [3.05, 3.63) is 42.5 Å². The topological polar surface area (TPSA) is 35.5 Å². The molecule has 3 heteroatoms. The van der Waals surface area contributed by atoms with Gasteiger partial charge >= 0.3 is 5.97 Å². The van der Waals surface area contributed by atoms with Gasteiger partial charge in [0.15, 0.2) is 0 Å². The zero-order valence-electron chi connectivity index (χ0n) is 14.4. The molecule has 1 rings (SSSR count). The Kier molecular flexibility index (Phi) is 10.7. The third-order valence-electron chi connectivity index (χ3n) is 3.82. The minimum Gasteiger partial charge on any atom is -0.494 e. The third-order valence-corrected chi connectivity index (χ3v) is 3.82. The van der Waals surface area contributed by atoms with Crippen LogP contribution in [0.15, 0.2) is 36.9 Å². The van der Waals surface area contributed by atoms with Gasteiger partial charge in [-0.05, 0) is 37.0 Å². The third kappa shape index (κ3) is 9.77. The lowest BCUT2D eigenvalue weighted by atomic mass is 10.1. The SMILES string of the molecule is C=CCCCCCCCCCOc1ccc(CC(=O)OC)cc1. The Hall–Kier alpha value is -1.77. The summed E-state index contributed by atoms with van der Waals surface area (Å²) in [7, 11) is 1.40. The van der Waals surface area contributed by atoms with E-state index in [1.165, 1.54) is 45.6 Å². The van der Waals surface area contributed by atoms with Crippen molar-refractivity contribution >= 4 is 5.97 Å². The highest BCUT2D eigenvalue weighted by molar-refractivity contribution is 5.72. The molecular formula is C20H30O3. The molecule has 0 aliphatic carbocycles. The Morgan fingerprint density at radius 3 is 2.22 bits per heavy atom. The predicted molar refractivity (Wildman–Crippen MR) is 94.8 cm³/mol. The number of hydrogen-bond acceptors (Lipinski definition) is 3. The van der Waals surface area contributed by atoms with Crippen molar-refractivity contribution in [2.75, 3.05) is 13.7 Å². The van der Waals surface area contributed by atoms with Gasteiger partial charge < -0.3 is 9.47 Å². The molecule has 0 unspecified atom stereocenters. The van der Waals surface area contributed by atoms with Crippen LogP contribution in [0.25, 0.3) is 0 Å². The first-order chi connectivity index (χ1) is 11.3. The summed E-state index contributed by atoms with van der Waals surface area (Å²) in [5.74, 6) is 0.645. The number of esters is 1. The molecule has 0 bridgehead atoms. The van der Waals surface area contributed by atoms with E-state index in [9.17, 15) is 4.79 Å². The Morgan fingerprint density at radius 2 is 1.61 bits per heavy atom. The van der Waals surface area contributed by atoms with E-state index in [0.29, 0.717) is 6.42 Å². The number of carbonyl (C=O) groups excluding carboxylic acids is 1. The first-order valence-electron chi connectivity index (χ1n) is 8.65. The van der Waals surface area contributed by atoms with Crippen molar-refractivity contribution in [1.82, 2.24) is 0 Å². The van der Waals surface area contributed by atoms with Crippen molar-refractivity contribution in [3.8, 4) is 5.75 Å². The monoisotopic (exact) mass is 318 g/mol. The average molecular weight is 318 g/mol. The number of allylic oxidation sites excluding steroid dienone is 1. The molecular weight excluding hydrogens is 288 g/mol. The van der Waals surface area contributed by atoms with Gasteiger partial charge in [0, 0.05) is 0 Å². The summed E-state index contributed by atoms with van der Waals surface area (Å²) >= 11 is 0. The second-order valence-electron chi connectivity index (χ2n) is 5.80. The van der Waals surface area contributed by atoms with E-state index in [1.807, 2.05) is 30.3 Å². The molecule has 0 saturated carbocycles. The molecule has 0 heterocycles. The van der Waals surface area contributed by atoms with Crippen LogP contribution >= 0.6 is 0 Å². The van der Waals surface area contributed by atoms with Crippen LogP contribution in [0, 0.1) is 0 Å². The summed E-state index contributed by atoms with van der Waals surface area (Å²) in [5, 5.41) is 0. The van der Waals surface area contributed by atoms with E-state index < -0.39 is 0 Å². The van der Waals surface area contributed by atoms with Crippen LogP contribution in [0.1, 0.15) is 56.9 Å². The molecule has 0 fully saturated rings. The highest BCUT2D eigenvalue weighted by Gasteiger charge is 2.02. The number of carbonyl (C=O) groups is 1. The molecule has 0 radical (unpaired) electrons. The molecule has 1 aromatic carbocycles. The van der Waals surface area contributed by atoms with E-state index in [0.717, 1.165) is 30.8 Å². The number of ether oxygens (including phenoxy) is 2. The second kappa shape index (κ2) is 12.7.